The van der Waals surface area contributed by atoms with E-state index in [1.54, 1.807) is 0 Å². The van der Waals surface area contributed by atoms with Crippen molar-refractivity contribution in [1.29, 1.82) is 0 Å². The van der Waals surface area contributed by atoms with E-state index in [0.29, 0.717) is 0 Å². The van der Waals surface area contributed by atoms with Gasteiger partial charge in [0, 0.05) is 18.1 Å². The molecule has 2 atom stereocenters. The van der Waals surface area contributed by atoms with Crippen LogP contribution in [0.4, 0.5) is 0 Å². The molecule has 0 aromatic heterocycles. The molecule has 17 heavy (non-hydrogen) atoms. The summed E-state index contributed by atoms with van der Waals surface area (Å²) in [6.45, 7) is 0.939. The molecule has 2 unspecified atom stereocenters. The number of hydrogen-bond donors (Lipinski definition) is 2. The summed E-state index contributed by atoms with van der Waals surface area (Å²) in [7, 11) is 4.28. The molecule has 0 aromatic carbocycles. The average molecular weight is 240 g/mol. The summed E-state index contributed by atoms with van der Waals surface area (Å²) >= 11 is 0. The van der Waals surface area contributed by atoms with Gasteiger partial charge in [-0.1, -0.05) is 12.8 Å². The number of hydrogen-bond acceptors (Lipinski definition) is 3. The summed E-state index contributed by atoms with van der Waals surface area (Å²) < 4.78 is 0. The SMILES string of the molecule is CN(C)C1(CNC2CCC2C(=O)O)CCCC1. The van der Waals surface area contributed by atoms with E-state index in [-0.39, 0.29) is 17.5 Å². The number of nitrogens with zero attached hydrogens (tertiary/aromatic N) is 1. The smallest absolute Gasteiger partial charge is 0.308 e. The summed E-state index contributed by atoms with van der Waals surface area (Å²) in [5.74, 6) is -0.797. The summed E-state index contributed by atoms with van der Waals surface area (Å²) in [5.41, 5.74) is 0.263. The molecule has 0 saturated heterocycles. The Labute approximate surface area is 103 Å². The molecule has 98 valence electrons. The molecule has 4 heteroatoms. The van der Waals surface area contributed by atoms with Gasteiger partial charge in [0.05, 0.1) is 5.92 Å². The number of carbonyl (C=O) groups is 1. The van der Waals surface area contributed by atoms with Crippen LogP contribution in [0.3, 0.4) is 0 Å². The van der Waals surface area contributed by atoms with Gasteiger partial charge in [-0.05, 0) is 39.8 Å². The third kappa shape index (κ3) is 2.47. The number of carboxylic acid groups (broad SMARTS) is 1. The first kappa shape index (κ1) is 12.8. The lowest BCUT2D eigenvalue weighted by atomic mass is 9.79. The van der Waals surface area contributed by atoms with Gasteiger partial charge in [-0.25, -0.2) is 0 Å². The molecule has 4 nitrogen and oxygen atoms in total. The zero-order valence-corrected chi connectivity index (χ0v) is 10.9. The Morgan fingerprint density at radius 1 is 1.35 bits per heavy atom. The molecule has 2 rings (SSSR count). The second-order valence-electron chi connectivity index (χ2n) is 5.84. The zero-order chi connectivity index (χ0) is 12.5. The fourth-order valence-electron chi connectivity index (χ4n) is 3.18. The summed E-state index contributed by atoms with van der Waals surface area (Å²) in [4.78, 5) is 13.3. The van der Waals surface area contributed by atoms with Crippen molar-refractivity contribution < 1.29 is 9.90 Å². The van der Waals surface area contributed by atoms with Crippen LogP contribution >= 0.6 is 0 Å². The van der Waals surface area contributed by atoms with Crippen molar-refractivity contribution in [2.75, 3.05) is 20.6 Å². The molecule has 2 fully saturated rings. The topological polar surface area (TPSA) is 52.6 Å². The molecule has 0 bridgehead atoms. The lowest BCUT2D eigenvalue weighted by Crippen LogP contribution is -2.56. The van der Waals surface area contributed by atoms with Gasteiger partial charge in [0.2, 0.25) is 0 Å². The second kappa shape index (κ2) is 4.94. The van der Waals surface area contributed by atoms with Crippen LogP contribution in [-0.4, -0.2) is 48.2 Å². The van der Waals surface area contributed by atoms with E-state index in [1.807, 2.05) is 0 Å². The number of aliphatic carboxylic acids is 1. The van der Waals surface area contributed by atoms with E-state index in [0.717, 1.165) is 19.4 Å². The largest absolute Gasteiger partial charge is 0.481 e. The van der Waals surface area contributed by atoms with Gasteiger partial charge < -0.3 is 15.3 Å². The summed E-state index contributed by atoms with van der Waals surface area (Å²) in [6.07, 6.45) is 6.91. The van der Waals surface area contributed by atoms with E-state index < -0.39 is 5.97 Å². The van der Waals surface area contributed by atoms with Crippen LogP contribution in [0.25, 0.3) is 0 Å². The molecule has 0 aromatic rings. The third-order valence-corrected chi connectivity index (χ3v) is 4.77. The molecule has 0 amide bonds. The number of nitrogens with one attached hydrogen (secondary N) is 1. The molecule has 2 aliphatic rings. The first-order valence-corrected chi connectivity index (χ1v) is 6.69. The quantitative estimate of drug-likeness (QED) is 0.761. The first-order chi connectivity index (χ1) is 8.05. The molecule has 2 N–H and O–H groups in total. The minimum atomic E-state index is -0.640. The second-order valence-corrected chi connectivity index (χ2v) is 5.84. The van der Waals surface area contributed by atoms with Crippen molar-refractivity contribution in [2.24, 2.45) is 5.92 Å². The maximum absolute atomic E-state index is 11.0. The van der Waals surface area contributed by atoms with Gasteiger partial charge in [-0.3, -0.25) is 4.79 Å². The maximum atomic E-state index is 11.0. The van der Waals surface area contributed by atoms with Crippen molar-refractivity contribution in [3.8, 4) is 0 Å². The van der Waals surface area contributed by atoms with Crippen molar-refractivity contribution in [1.82, 2.24) is 10.2 Å². The highest BCUT2D eigenvalue weighted by molar-refractivity contribution is 5.72. The fraction of sp³-hybridized carbons (Fsp3) is 0.923. The van der Waals surface area contributed by atoms with E-state index in [2.05, 4.69) is 24.3 Å². The standard InChI is InChI=1S/C13H24N2O2/c1-15(2)13(7-3-4-8-13)9-14-11-6-5-10(11)12(16)17/h10-11,14H,3-9H2,1-2H3,(H,16,17). The summed E-state index contributed by atoms with van der Waals surface area (Å²) in [5, 5.41) is 12.5. The van der Waals surface area contributed by atoms with Gasteiger partial charge in [-0.15, -0.1) is 0 Å². The highest BCUT2D eigenvalue weighted by Crippen LogP contribution is 2.34. The van der Waals surface area contributed by atoms with Crippen molar-refractivity contribution in [3.05, 3.63) is 0 Å². The van der Waals surface area contributed by atoms with Crippen molar-refractivity contribution >= 4 is 5.97 Å². The van der Waals surface area contributed by atoms with E-state index in [4.69, 9.17) is 5.11 Å². The van der Waals surface area contributed by atoms with Crippen molar-refractivity contribution in [2.45, 2.75) is 50.1 Å². The molecule has 0 radical (unpaired) electrons. The van der Waals surface area contributed by atoms with Crippen LogP contribution in [0.5, 0.6) is 0 Å². The van der Waals surface area contributed by atoms with Gasteiger partial charge in [0.15, 0.2) is 0 Å². The third-order valence-electron chi connectivity index (χ3n) is 4.77. The van der Waals surface area contributed by atoms with Crippen LogP contribution in [-0.2, 0) is 4.79 Å². The number of carboxylic acids is 1. The highest BCUT2D eigenvalue weighted by atomic mass is 16.4. The Morgan fingerprint density at radius 3 is 2.41 bits per heavy atom. The van der Waals surface area contributed by atoms with E-state index in [9.17, 15) is 4.79 Å². The van der Waals surface area contributed by atoms with Crippen LogP contribution in [0.2, 0.25) is 0 Å². The van der Waals surface area contributed by atoms with Gasteiger partial charge in [-0.2, -0.15) is 0 Å². The van der Waals surface area contributed by atoms with Crippen LogP contribution in [0.15, 0.2) is 0 Å². The molecule has 0 aliphatic heterocycles. The predicted molar refractivity (Wildman–Crippen MR) is 67.0 cm³/mol. The minimum absolute atomic E-state index is 0.157. The predicted octanol–water partition coefficient (Wildman–Crippen LogP) is 1.31. The zero-order valence-electron chi connectivity index (χ0n) is 10.9. The van der Waals surface area contributed by atoms with Gasteiger partial charge in [0.1, 0.15) is 0 Å². The lowest BCUT2D eigenvalue weighted by Gasteiger charge is -2.41. The molecule has 0 spiro atoms. The molecule has 0 heterocycles. The lowest BCUT2D eigenvalue weighted by molar-refractivity contribution is -0.146. The highest BCUT2D eigenvalue weighted by Gasteiger charge is 2.40. The monoisotopic (exact) mass is 240 g/mol. The Bertz CT molecular complexity index is 285. The summed E-state index contributed by atoms with van der Waals surface area (Å²) in [6, 6.07) is 0.199. The average Bonchev–Trinajstić information content (AvgIpc) is 2.65. The first-order valence-electron chi connectivity index (χ1n) is 6.69. The number of likely N-dealkylation sites (N-methyl/N-ethyl adjacent to an activating group) is 1. The normalized spacial score (nSPS) is 31.5. The fourth-order valence-corrected chi connectivity index (χ4v) is 3.18. The van der Waals surface area contributed by atoms with Gasteiger partial charge in [0.25, 0.3) is 0 Å². The van der Waals surface area contributed by atoms with Gasteiger partial charge >= 0.3 is 5.97 Å². The Kier molecular flexibility index (Phi) is 3.73. The minimum Gasteiger partial charge on any atom is -0.481 e. The molecular weight excluding hydrogens is 216 g/mol. The molecule has 2 aliphatic carbocycles. The Morgan fingerprint density at radius 2 is 2.00 bits per heavy atom. The van der Waals surface area contributed by atoms with Crippen LogP contribution in [0, 0.1) is 5.92 Å². The number of rotatable bonds is 5. The Hall–Kier alpha value is -0.610. The Balaban J connectivity index is 1.86. The van der Waals surface area contributed by atoms with E-state index >= 15 is 0 Å². The molecule has 2 saturated carbocycles. The molecular formula is C13H24N2O2. The van der Waals surface area contributed by atoms with E-state index in [1.165, 1.54) is 25.7 Å². The maximum Gasteiger partial charge on any atom is 0.308 e. The van der Waals surface area contributed by atoms with Crippen LogP contribution < -0.4 is 5.32 Å². The van der Waals surface area contributed by atoms with Crippen molar-refractivity contribution in [3.63, 3.8) is 0 Å². The van der Waals surface area contributed by atoms with Crippen LogP contribution in [0.1, 0.15) is 38.5 Å².